The van der Waals surface area contributed by atoms with Crippen molar-refractivity contribution in [2.45, 2.75) is 78.2 Å². The van der Waals surface area contributed by atoms with Gasteiger partial charge in [0.2, 0.25) is 17.8 Å². The third-order valence-electron chi connectivity index (χ3n) is 9.33. The Morgan fingerprint density at radius 1 is 0.843 bits per heavy atom. The number of hydrogen-bond acceptors (Lipinski definition) is 9. The molecule has 6 aromatic rings. The second kappa shape index (κ2) is 13.8. The van der Waals surface area contributed by atoms with E-state index >= 15 is 0 Å². The molecule has 0 saturated heterocycles. The zero-order valence-electron chi connectivity index (χ0n) is 28.4. The molecule has 7 rings (SSSR count). The smallest absolute Gasteiger partial charge is 0.278 e. The van der Waals surface area contributed by atoms with Crippen LogP contribution in [0.25, 0.3) is 22.1 Å². The number of H-pyrrole nitrogens is 1. The van der Waals surface area contributed by atoms with E-state index in [-0.39, 0.29) is 11.8 Å². The van der Waals surface area contributed by atoms with E-state index in [1.54, 1.807) is 41.1 Å². The van der Waals surface area contributed by atoms with E-state index in [1.165, 1.54) is 0 Å². The lowest BCUT2D eigenvalue weighted by Gasteiger charge is -2.13. The molecular weight excluding hydrogens is 652 g/mol. The first-order chi connectivity index (χ1) is 24.6. The number of fused-ring (bicyclic) bond motifs is 8. The van der Waals surface area contributed by atoms with Gasteiger partial charge < -0.3 is 25.7 Å². The predicted octanol–water partition coefficient (Wildman–Crippen LogP) is 3.68. The lowest BCUT2D eigenvalue weighted by Crippen LogP contribution is -2.20. The highest BCUT2D eigenvalue weighted by Gasteiger charge is 2.23. The Bertz CT molecular complexity index is 2290. The zero-order chi connectivity index (χ0) is 35.8. The van der Waals surface area contributed by atoms with Gasteiger partial charge in [-0.25, -0.2) is 9.97 Å². The molecule has 4 aromatic heterocycles. The van der Waals surface area contributed by atoms with E-state index in [0.717, 1.165) is 47.2 Å². The van der Waals surface area contributed by atoms with Gasteiger partial charge in [-0.3, -0.25) is 34.8 Å². The molecular formula is C35H40N12O4. The van der Waals surface area contributed by atoms with Crippen LogP contribution >= 0.6 is 0 Å². The van der Waals surface area contributed by atoms with Crippen molar-refractivity contribution in [3.63, 3.8) is 0 Å². The Morgan fingerprint density at radius 2 is 1.49 bits per heavy atom. The number of aliphatic hydroxyl groups excluding tert-OH is 1. The summed E-state index contributed by atoms with van der Waals surface area (Å²) >= 11 is 0. The van der Waals surface area contributed by atoms with Gasteiger partial charge in [-0.2, -0.15) is 10.2 Å². The van der Waals surface area contributed by atoms with Crippen molar-refractivity contribution in [2.24, 2.45) is 11.5 Å². The average molecular weight is 693 g/mol. The summed E-state index contributed by atoms with van der Waals surface area (Å²) < 4.78 is 5.57. The Labute approximate surface area is 292 Å². The molecule has 16 nitrogen and oxygen atoms in total. The van der Waals surface area contributed by atoms with E-state index in [4.69, 9.17) is 21.4 Å². The van der Waals surface area contributed by atoms with E-state index < -0.39 is 12.1 Å². The van der Waals surface area contributed by atoms with Crippen molar-refractivity contribution >= 4 is 51.7 Å². The van der Waals surface area contributed by atoms with Crippen LogP contribution in [-0.4, -0.2) is 61.9 Å². The van der Waals surface area contributed by atoms with Gasteiger partial charge in [-0.1, -0.05) is 12.5 Å². The number of carbonyl (C=O) groups is 3. The third-order valence-corrected chi connectivity index (χ3v) is 9.33. The third kappa shape index (κ3) is 6.70. The molecule has 0 saturated carbocycles. The number of aliphatic hydroxyl groups is 1. The van der Waals surface area contributed by atoms with Gasteiger partial charge in [0.1, 0.15) is 11.9 Å². The number of rotatable bonds is 2. The number of benzene rings is 2. The summed E-state index contributed by atoms with van der Waals surface area (Å²) in [5.74, 6) is -0.598. The van der Waals surface area contributed by atoms with Crippen LogP contribution in [0.5, 0.6) is 0 Å². The van der Waals surface area contributed by atoms with Crippen molar-refractivity contribution in [1.82, 2.24) is 39.1 Å². The molecule has 51 heavy (non-hydrogen) atoms. The number of nitrogens with one attached hydrogen (secondary N) is 3. The quantitative estimate of drug-likeness (QED) is 0.145. The highest BCUT2D eigenvalue weighted by molar-refractivity contribution is 6.04. The molecule has 0 spiro atoms. The summed E-state index contributed by atoms with van der Waals surface area (Å²) in [6.45, 7) is 5.26. The number of amides is 3. The molecule has 264 valence electrons. The lowest BCUT2D eigenvalue weighted by molar-refractivity contribution is 0.0995. The molecule has 0 fully saturated rings. The van der Waals surface area contributed by atoms with Crippen molar-refractivity contribution < 1.29 is 19.5 Å². The van der Waals surface area contributed by atoms with Crippen LogP contribution in [0.15, 0.2) is 42.5 Å². The number of anilines is 2. The number of nitrogens with two attached hydrogens (primary N) is 2. The summed E-state index contributed by atoms with van der Waals surface area (Å²) in [5.41, 5.74) is 17.8. The highest BCUT2D eigenvalue weighted by Crippen LogP contribution is 2.27. The molecule has 3 amide bonds. The summed E-state index contributed by atoms with van der Waals surface area (Å²) in [5, 5.41) is 27.9. The maximum absolute atomic E-state index is 13.7. The average Bonchev–Trinajstić information content (AvgIpc) is 3.84. The SMILES string of the molecule is Cc1cc2n(n1)CCCCCc1c(n[nH]c1C)C(=O)Nc1nc3cc(C(N)=O)ccc3n1CCCCn1c(nc3cc(C(N)O)ccc31)NC2=O. The van der Waals surface area contributed by atoms with Crippen molar-refractivity contribution in [1.29, 1.82) is 0 Å². The molecule has 0 aliphatic carbocycles. The highest BCUT2D eigenvalue weighted by atomic mass is 16.3. The molecule has 1 aliphatic heterocycles. The second-order valence-corrected chi connectivity index (χ2v) is 12.9. The van der Waals surface area contributed by atoms with Crippen LogP contribution in [0.1, 0.15) is 92.2 Å². The summed E-state index contributed by atoms with van der Waals surface area (Å²) in [4.78, 5) is 48.8. The van der Waals surface area contributed by atoms with Gasteiger partial charge >= 0.3 is 0 Å². The number of imidazole rings is 2. The number of hydrogen-bond donors (Lipinski definition) is 6. The van der Waals surface area contributed by atoms with Gasteiger partial charge in [0, 0.05) is 36.5 Å². The number of nitrogens with zero attached hydrogens (tertiary/aromatic N) is 7. The van der Waals surface area contributed by atoms with E-state index in [2.05, 4.69) is 25.9 Å². The predicted molar refractivity (Wildman–Crippen MR) is 190 cm³/mol. The number of aromatic nitrogens is 8. The van der Waals surface area contributed by atoms with Crippen molar-refractivity contribution in [2.75, 3.05) is 10.6 Å². The Hall–Kier alpha value is -5.87. The number of primary amides is 1. The second-order valence-electron chi connectivity index (χ2n) is 12.9. The maximum Gasteiger partial charge on any atom is 0.278 e. The fraction of sp³-hybridized carbons (Fsp3) is 0.343. The number of carbonyl (C=O) groups excluding carboxylic acids is 3. The van der Waals surface area contributed by atoms with Crippen LogP contribution in [0, 0.1) is 13.8 Å². The molecule has 0 radical (unpaired) electrons. The molecule has 16 heteroatoms. The Balaban J connectivity index is 1.26. The molecule has 1 aliphatic rings. The van der Waals surface area contributed by atoms with Crippen LogP contribution in [0.2, 0.25) is 0 Å². The molecule has 0 bridgehead atoms. The topological polar surface area (TPSA) is 230 Å². The minimum absolute atomic E-state index is 0.307. The minimum Gasteiger partial charge on any atom is -0.375 e. The van der Waals surface area contributed by atoms with Crippen LogP contribution in [0.3, 0.4) is 0 Å². The molecule has 8 N–H and O–H groups in total. The number of aromatic amines is 1. The normalized spacial score (nSPS) is 15.6. The fourth-order valence-electron chi connectivity index (χ4n) is 6.71. The lowest BCUT2D eigenvalue weighted by atomic mass is 10.0. The van der Waals surface area contributed by atoms with Crippen molar-refractivity contribution in [3.8, 4) is 0 Å². The fourth-order valence-corrected chi connectivity index (χ4v) is 6.71. The first-order valence-corrected chi connectivity index (χ1v) is 17.0. The molecule has 2 aromatic carbocycles. The van der Waals surface area contributed by atoms with Crippen LogP contribution < -0.4 is 22.1 Å². The van der Waals surface area contributed by atoms with Gasteiger partial charge in [0.25, 0.3) is 11.8 Å². The van der Waals surface area contributed by atoms with Crippen molar-refractivity contribution in [3.05, 3.63) is 81.9 Å². The zero-order valence-corrected chi connectivity index (χ0v) is 28.4. The van der Waals surface area contributed by atoms with Gasteiger partial charge in [0.15, 0.2) is 5.69 Å². The summed E-state index contributed by atoms with van der Waals surface area (Å²) in [6, 6.07) is 12.1. The standard InChI is InChI=1S/C35H40N12O4/c1-19-16-28-32(50)40-34-38-24-17-21(30(36)48)9-11-26(24)45(34)13-6-7-14-46-27-12-10-22(31(37)49)18-25(27)39-35(46)41-33(51)29-23(20(2)42-43-29)8-4-3-5-15-47(28)44-19/h9-12,16-18,30,48H,3-8,13-15,36H2,1-2H3,(H2,37,49)(H,42,43)(H,38,40,50)(H,39,41,51). The molecule has 5 heterocycles. The summed E-state index contributed by atoms with van der Waals surface area (Å²) in [6.07, 6.45) is 3.15. The van der Waals surface area contributed by atoms with E-state index in [1.807, 2.05) is 29.0 Å². The van der Waals surface area contributed by atoms with E-state index in [0.29, 0.717) is 84.3 Å². The minimum atomic E-state index is -1.17. The largest absolute Gasteiger partial charge is 0.375 e. The van der Waals surface area contributed by atoms with Gasteiger partial charge in [-0.15, -0.1) is 0 Å². The number of aryl methyl sites for hydroxylation is 5. The Kier molecular flexibility index (Phi) is 9.10. The van der Waals surface area contributed by atoms with Crippen LogP contribution in [-0.2, 0) is 26.1 Å². The molecule has 1 atom stereocenters. The molecule has 1 unspecified atom stereocenters. The van der Waals surface area contributed by atoms with Gasteiger partial charge in [0.05, 0.1) is 27.8 Å². The van der Waals surface area contributed by atoms with Gasteiger partial charge in [-0.05, 0) is 87.9 Å². The van der Waals surface area contributed by atoms with Crippen LogP contribution in [0.4, 0.5) is 11.9 Å². The maximum atomic E-state index is 13.7. The first-order valence-electron chi connectivity index (χ1n) is 17.0. The Morgan fingerprint density at radius 3 is 2.18 bits per heavy atom. The van der Waals surface area contributed by atoms with E-state index in [9.17, 15) is 19.5 Å². The summed E-state index contributed by atoms with van der Waals surface area (Å²) in [7, 11) is 0. The first kappa shape index (κ1) is 33.6. The monoisotopic (exact) mass is 692 g/mol.